The Morgan fingerprint density at radius 3 is 1.07 bits per heavy atom. The molecule has 88 valence electrons. The van der Waals surface area contributed by atoms with Gasteiger partial charge < -0.3 is 0 Å². The molecule has 0 aromatic heterocycles. The SMILES string of the molecule is CCN1P(F)(F)(F)N(CC)P1(F)(F)F. The minimum absolute atomic E-state index is 0.868. The predicted molar refractivity (Wildman–Crippen MR) is 45.2 cm³/mol. The van der Waals surface area contributed by atoms with Crippen LogP contribution in [0.2, 0.25) is 0 Å². The molecule has 0 atom stereocenters. The molecule has 1 aliphatic heterocycles. The fraction of sp³-hybridized carbons (Fsp3) is 1.00. The Labute approximate surface area is 77.6 Å². The monoisotopic (exact) mass is 262 g/mol. The number of nitrogens with zero attached hydrogens (tertiary/aromatic N) is 2. The Balaban J connectivity index is 3.21. The summed E-state index contributed by atoms with van der Waals surface area (Å²) in [5.74, 6) is 0. The molecule has 0 bridgehead atoms. The van der Waals surface area contributed by atoms with Crippen LogP contribution in [0.5, 0.6) is 0 Å². The zero-order valence-electron chi connectivity index (χ0n) is 7.47. The molecular weight excluding hydrogens is 252 g/mol. The molecule has 1 saturated heterocycles. The average molecular weight is 262 g/mol. The van der Waals surface area contributed by atoms with Crippen LogP contribution in [0.25, 0.3) is 0 Å². The van der Waals surface area contributed by atoms with E-state index < -0.39 is 37.6 Å². The van der Waals surface area contributed by atoms with Gasteiger partial charge >= 0.3 is 76.7 Å². The third-order valence-corrected chi connectivity index (χ3v) is 9.47. The Hall–Kier alpha value is 0.360. The van der Waals surface area contributed by atoms with Crippen LogP contribution in [0.1, 0.15) is 13.8 Å². The van der Waals surface area contributed by atoms with Crippen LogP contribution in [-0.2, 0) is 0 Å². The molecule has 2 nitrogen and oxygen atoms in total. The number of hydrogen-bond acceptors (Lipinski definition) is 2. The van der Waals surface area contributed by atoms with Crippen LogP contribution in [0, 0.1) is 0 Å². The van der Waals surface area contributed by atoms with E-state index in [1.165, 1.54) is 0 Å². The van der Waals surface area contributed by atoms with Crippen molar-refractivity contribution in [1.82, 2.24) is 8.88 Å². The maximum atomic E-state index is 12.9. The van der Waals surface area contributed by atoms with Gasteiger partial charge in [-0.15, -0.1) is 0 Å². The molecular formula is C4H10F6N2P2. The number of hydrogen-bond donors (Lipinski definition) is 0. The van der Waals surface area contributed by atoms with Gasteiger partial charge in [0, 0.05) is 0 Å². The van der Waals surface area contributed by atoms with E-state index in [1.54, 1.807) is 0 Å². The fourth-order valence-corrected chi connectivity index (χ4v) is 8.03. The molecule has 0 aliphatic carbocycles. The van der Waals surface area contributed by atoms with Crippen LogP contribution >= 0.6 is 15.7 Å². The molecule has 0 unspecified atom stereocenters. The standard InChI is InChI=1S/C4H10F6N2P2/c1-3-11-13(5,6,7)12(4-2)14(11,8,9)10/h3-4H2,1-2H3. The molecule has 0 spiro atoms. The van der Waals surface area contributed by atoms with Crippen molar-refractivity contribution < 1.29 is 25.2 Å². The second-order valence-electron chi connectivity index (χ2n) is 2.85. The molecule has 14 heavy (non-hydrogen) atoms. The molecule has 1 heterocycles. The summed E-state index contributed by atoms with van der Waals surface area (Å²) in [5, 5.41) is 0. The Morgan fingerprint density at radius 1 is 0.714 bits per heavy atom. The van der Waals surface area contributed by atoms with E-state index in [2.05, 4.69) is 0 Å². The molecule has 10 heteroatoms. The van der Waals surface area contributed by atoms with Crippen molar-refractivity contribution in [3.8, 4) is 0 Å². The van der Waals surface area contributed by atoms with Gasteiger partial charge in [0.15, 0.2) is 0 Å². The second kappa shape index (κ2) is 2.54. The van der Waals surface area contributed by atoms with Gasteiger partial charge in [0.25, 0.3) is 0 Å². The van der Waals surface area contributed by atoms with Gasteiger partial charge in [-0.1, -0.05) is 0 Å². The normalized spacial score (nSPS) is 39.7. The van der Waals surface area contributed by atoms with E-state index in [9.17, 15) is 25.2 Å². The van der Waals surface area contributed by atoms with Crippen molar-refractivity contribution in [2.75, 3.05) is 13.1 Å². The molecule has 1 fully saturated rings. The molecule has 0 aromatic rings. The van der Waals surface area contributed by atoms with Crippen LogP contribution in [0.4, 0.5) is 25.2 Å². The van der Waals surface area contributed by atoms with E-state index in [4.69, 9.17) is 0 Å². The fourth-order valence-electron chi connectivity index (χ4n) is 1.55. The molecule has 0 radical (unpaired) electrons. The van der Waals surface area contributed by atoms with Gasteiger partial charge in [0.2, 0.25) is 0 Å². The van der Waals surface area contributed by atoms with Crippen LogP contribution in [-0.4, -0.2) is 22.0 Å². The molecule has 0 saturated carbocycles. The van der Waals surface area contributed by atoms with Gasteiger partial charge in [0.05, 0.1) is 0 Å². The molecule has 0 amide bonds. The first kappa shape index (κ1) is 12.4. The van der Waals surface area contributed by atoms with E-state index in [-0.39, 0.29) is 0 Å². The van der Waals surface area contributed by atoms with E-state index in [0.717, 1.165) is 13.8 Å². The average Bonchev–Trinajstić information content (AvgIpc) is 1.80. The van der Waals surface area contributed by atoms with E-state index in [0.29, 0.717) is 0 Å². The van der Waals surface area contributed by atoms with Crippen LogP contribution in [0.15, 0.2) is 0 Å². The third kappa shape index (κ3) is 1.21. The summed E-state index contributed by atoms with van der Waals surface area (Å²) in [5.41, 5.74) is 0. The summed E-state index contributed by atoms with van der Waals surface area (Å²) >= 11 is 0. The zero-order chi connectivity index (χ0) is 11.5. The van der Waals surface area contributed by atoms with Gasteiger partial charge in [-0.2, -0.15) is 0 Å². The van der Waals surface area contributed by atoms with Crippen molar-refractivity contribution in [2.24, 2.45) is 0 Å². The van der Waals surface area contributed by atoms with E-state index >= 15 is 0 Å². The van der Waals surface area contributed by atoms with Crippen molar-refractivity contribution in [1.29, 1.82) is 0 Å². The minimum atomic E-state index is -7.29. The van der Waals surface area contributed by atoms with Crippen molar-refractivity contribution in [2.45, 2.75) is 13.8 Å². The summed E-state index contributed by atoms with van der Waals surface area (Å²) in [6, 6.07) is 0. The maximum absolute atomic E-state index is 12.9. The van der Waals surface area contributed by atoms with Gasteiger partial charge in [-0.3, -0.25) is 0 Å². The summed E-state index contributed by atoms with van der Waals surface area (Å²) in [6.45, 7) is -0.348. The zero-order valence-corrected chi connectivity index (χ0v) is 9.26. The quantitative estimate of drug-likeness (QED) is 0.525. The molecule has 1 aliphatic rings. The van der Waals surface area contributed by atoms with Gasteiger partial charge in [-0.05, 0) is 0 Å². The van der Waals surface area contributed by atoms with Gasteiger partial charge in [0.1, 0.15) is 0 Å². The second-order valence-corrected chi connectivity index (χ2v) is 8.35. The Kier molecular flexibility index (Phi) is 2.25. The number of halogens is 6. The summed E-state index contributed by atoms with van der Waals surface area (Å²) in [7, 11) is -14.6. The Morgan fingerprint density at radius 2 is 0.929 bits per heavy atom. The summed E-state index contributed by atoms with van der Waals surface area (Å²) in [6.07, 6.45) is 0. The van der Waals surface area contributed by atoms with Crippen LogP contribution < -0.4 is 0 Å². The van der Waals surface area contributed by atoms with Gasteiger partial charge in [-0.25, -0.2) is 0 Å². The predicted octanol–water partition coefficient (Wildman–Crippen LogP) is 4.72. The molecule has 0 aromatic carbocycles. The first-order valence-corrected chi connectivity index (χ1v) is 7.49. The third-order valence-electron chi connectivity index (χ3n) is 2.03. The van der Waals surface area contributed by atoms with Crippen molar-refractivity contribution in [3.63, 3.8) is 0 Å². The Bertz CT molecular complexity index is 222. The summed E-state index contributed by atoms with van der Waals surface area (Å²) in [4.78, 5) is 0. The first-order valence-electron chi connectivity index (χ1n) is 3.86. The number of rotatable bonds is 2. The first-order chi connectivity index (χ1) is 5.95. The summed E-state index contributed by atoms with van der Waals surface area (Å²) < 4.78 is 75.2. The van der Waals surface area contributed by atoms with Crippen molar-refractivity contribution in [3.05, 3.63) is 0 Å². The molecule has 0 N–H and O–H groups in total. The van der Waals surface area contributed by atoms with E-state index in [1.807, 2.05) is 0 Å². The molecule has 1 rings (SSSR count). The van der Waals surface area contributed by atoms with Crippen molar-refractivity contribution >= 4 is 15.7 Å². The van der Waals surface area contributed by atoms with Crippen LogP contribution in [0.3, 0.4) is 0 Å². The topological polar surface area (TPSA) is 6.48 Å².